The first kappa shape index (κ1) is 11.5. The lowest BCUT2D eigenvalue weighted by Crippen LogP contribution is -2.04. The van der Waals surface area contributed by atoms with Gasteiger partial charge in [0.2, 0.25) is 0 Å². The van der Waals surface area contributed by atoms with Crippen molar-refractivity contribution in [3.8, 4) is 0 Å². The topological polar surface area (TPSA) is 38.0 Å². The zero-order valence-corrected chi connectivity index (χ0v) is 9.70. The number of benzene rings is 2. The van der Waals surface area contributed by atoms with Crippen LogP contribution in [0.4, 0.5) is 15.8 Å². The van der Waals surface area contributed by atoms with Crippen molar-refractivity contribution in [2.75, 3.05) is 11.1 Å². The molecule has 0 spiro atoms. The van der Waals surface area contributed by atoms with Crippen molar-refractivity contribution < 1.29 is 4.39 Å². The summed E-state index contributed by atoms with van der Waals surface area (Å²) in [5.74, 6) is -0.286. The van der Waals surface area contributed by atoms with Crippen LogP contribution in [0.3, 0.4) is 0 Å². The molecule has 0 atom stereocenters. The second-order valence-corrected chi connectivity index (χ2v) is 4.01. The zero-order chi connectivity index (χ0) is 12.3. The van der Waals surface area contributed by atoms with Crippen LogP contribution in [-0.4, -0.2) is 0 Å². The maximum absolute atomic E-state index is 13.1. The molecular formula is C14H15FN2. The summed E-state index contributed by atoms with van der Waals surface area (Å²) in [6.07, 6.45) is 0. The van der Waals surface area contributed by atoms with Gasteiger partial charge in [-0.3, -0.25) is 0 Å². The van der Waals surface area contributed by atoms with E-state index in [9.17, 15) is 4.39 Å². The SMILES string of the molecule is Cc1ccccc1CNc1cc(F)ccc1N. The predicted octanol–water partition coefficient (Wildman–Crippen LogP) is 3.33. The van der Waals surface area contributed by atoms with Crippen molar-refractivity contribution in [2.45, 2.75) is 13.5 Å². The highest BCUT2D eigenvalue weighted by Gasteiger charge is 2.02. The lowest BCUT2D eigenvalue weighted by Gasteiger charge is -2.11. The van der Waals surface area contributed by atoms with Crippen LogP contribution in [0.1, 0.15) is 11.1 Å². The van der Waals surface area contributed by atoms with Gasteiger partial charge < -0.3 is 11.1 Å². The van der Waals surface area contributed by atoms with E-state index in [0.29, 0.717) is 17.9 Å². The molecule has 17 heavy (non-hydrogen) atoms. The highest BCUT2D eigenvalue weighted by Crippen LogP contribution is 2.20. The highest BCUT2D eigenvalue weighted by atomic mass is 19.1. The van der Waals surface area contributed by atoms with Crippen LogP contribution in [0.25, 0.3) is 0 Å². The minimum Gasteiger partial charge on any atom is -0.397 e. The third-order valence-electron chi connectivity index (χ3n) is 2.75. The van der Waals surface area contributed by atoms with Crippen molar-refractivity contribution in [1.29, 1.82) is 0 Å². The Morgan fingerprint density at radius 2 is 1.94 bits per heavy atom. The number of hydrogen-bond donors (Lipinski definition) is 2. The maximum Gasteiger partial charge on any atom is 0.125 e. The Morgan fingerprint density at radius 3 is 2.71 bits per heavy atom. The molecule has 0 saturated heterocycles. The Hall–Kier alpha value is -2.03. The molecule has 0 aliphatic heterocycles. The summed E-state index contributed by atoms with van der Waals surface area (Å²) in [6, 6.07) is 12.4. The van der Waals surface area contributed by atoms with Crippen molar-refractivity contribution in [2.24, 2.45) is 0 Å². The molecule has 0 saturated carbocycles. The number of anilines is 2. The molecule has 0 unspecified atom stereocenters. The number of nitrogens with one attached hydrogen (secondary N) is 1. The van der Waals surface area contributed by atoms with E-state index in [2.05, 4.69) is 5.32 Å². The smallest absolute Gasteiger partial charge is 0.125 e. The summed E-state index contributed by atoms with van der Waals surface area (Å²) in [5, 5.41) is 3.15. The van der Waals surface area contributed by atoms with Gasteiger partial charge in [0.25, 0.3) is 0 Å². The van der Waals surface area contributed by atoms with Gasteiger partial charge in [-0.25, -0.2) is 4.39 Å². The average molecular weight is 230 g/mol. The highest BCUT2D eigenvalue weighted by molar-refractivity contribution is 5.66. The standard InChI is InChI=1S/C14H15FN2/c1-10-4-2-3-5-11(10)9-17-14-8-12(15)6-7-13(14)16/h2-8,17H,9,16H2,1H3. The zero-order valence-electron chi connectivity index (χ0n) is 9.70. The first-order valence-electron chi connectivity index (χ1n) is 5.50. The Morgan fingerprint density at radius 1 is 1.18 bits per heavy atom. The van der Waals surface area contributed by atoms with Gasteiger partial charge in [-0.2, -0.15) is 0 Å². The molecule has 3 heteroatoms. The Balaban J connectivity index is 2.12. The number of rotatable bonds is 3. The number of nitrogens with two attached hydrogens (primary N) is 1. The van der Waals surface area contributed by atoms with Gasteiger partial charge in [0.05, 0.1) is 11.4 Å². The molecule has 0 bridgehead atoms. The molecule has 2 aromatic rings. The van der Waals surface area contributed by atoms with Gasteiger partial charge in [-0.1, -0.05) is 24.3 Å². The van der Waals surface area contributed by atoms with E-state index in [1.54, 1.807) is 6.07 Å². The normalized spacial score (nSPS) is 10.2. The summed E-state index contributed by atoms with van der Waals surface area (Å²) >= 11 is 0. The summed E-state index contributed by atoms with van der Waals surface area (Å²) in [5.41, 5.74) is 9.33. The molecule has 0 aliphatic carbocycles. The van der Waals surface area contributed by atoms with Crippen molar-refractivity contribution in [3.63, 3.8) is 0 Å². The molecule has 0 amide bonds. The number of aryl methyl sites for hydroxylation is 1. The Labute approximate surface area is 100 Å². The van der Waals surface area contributed by atoms with Gasteiger partial charge in [-0.05, 0) is 36.2 Å². The average Bonchev–Trinajstić information content (AvgIpc) is 2.32. The van der Waals surface area contributed by atoms with Crippen LogP contribution in [0.5, 0.6) is 0 Å². The fourth-order valence-corrected chi connectivity index (χ4v) is 1.68. The van der Waals surface area contributed by atoms with Crippen molar-refractivity contribution in [3.05, 3.63) is 59.4 Å². The fourth-order valence-electron chi connectivity index (χ4n) is 1.68. The van der Waals surface area contributed by atoms with Gasteiger partial charge in [0.1, 0.15) is 5.82 Å². The van der Waals surface area contributed by atoms with E-state index in [1.165, 1.54) is 23.3 Å². The van der Waals surface area contributed by atoms with Crippen LogP contribution in [-0.2, 0) is 6.54 Å². The molecule has 88 valence electrons. The molecule has 2 nitrogen and oxygen atoms in total. The van der Waals surface area contributed by atoms with Crippen LogP contribution in [0.2, 0.25) is 0 Å². The summed E-state index contributed by atoms with van der Waals surface area (Å²) in [7, 11) is 0. The number of hydrogen-bond acceptors (Lipinski definition) is 2. The molecule has 3 N–H and O–H groups in total. The maximum atomic E-state index is 13.1. The van der Waals surface area contributed by atoms with E-state index in [1.807, 2.05) is 31.2 Å². The van der Waals surface area contributed by atoms with Crippen LogP contribution < -0.4 is 11.1 Å². The Kier molecular flexibility index (Phi) is 3.28. The Bertz CT molecular complexity index is 523. The molecule has 0 aromatic heterocycles. The third-order valence-corrected chi connectivity index (χ3v) is 2.75. The van der Waals surface area contributed by atoms with Crippen molar-refractivity contribution in [1.82, 2.24) is 0 Å². The molecule has 2 aromatic carbocycles. The van der Waals surface area contributed by atoms with Gasteiger partial charge in [0.15, 0.2) is 0 Å². The second kappa shape index (κ2) is 4.87. The van der Waals surface area contributed by atoms with E-state index in [0.717, 1.165) is 0 Å². The van der Waals surface area contributed by atoms with Crippen LogP contribution in [0, 0.1) is 12.7 Å². The van der Waals surface area contributed by atoms with Crippen LogP contribution in [0.15, 0.2) is 42.5 Å². The monoisotopic (exact) mass is 230 g/mol. The molecule has 0 aliphatic rings. The molecule has 2 rings (SSSR count). The molecule has 0 heterocycles. The predicted molar refractivity (Wildman–Crippen MR) is 69.3 cm³/mol. The minimum atomic E-state index is -0.286. The van der Waals surface area contributed by atoms with Gasteiger partial charge in [0, 0.05) is 6.54 Å². The lowest BCUT2D eigenvalue weighted by molar-refractivity contribution is 0.628. The summed E-state index contributed by atoms with van der Waals surface area (Å²) in [6.45, 7) is 2.69. The largest absolute Gasteiger partial charge is 0.397 e. The number of halogens is 1. The van der Waals surface area contributed by atoms with E-state index in [-0.39, 0.29) is 5.82 Å². The first-order chi connectivity index (χ1) is 8.16. The van der Waals surface area contributed by atoms with E-state index >= 15 is 0 Å². The quantitative estimate of drug-likeness (QED) is 0.794. The lowest BCUT2D eigenvalue weighted by atomic mass is 10.1. The minimum absolute atomic E-state index is 0.286. The first-order valence-corrected chi connectivity index (χ1v) is 5.50. The molecule has 0 radical (unpaired) electrons. The second-order valence-electron chi connectivity index (χ2n) is 4.01. The fraction of sp³-hybridized carbons (Fsp3) is 0.143. The van der Waals surface area contributed by atoms with E-state index in [4.69, 9.17) is 5.73 Å². The molecular weight excluding hydrogens is 215 g/mol. The van der Waals surface area contributed by atoms with Gasteiger partial charge in [-0.15, -0.1) is 0 Å². The van der Waals surface area contributed by atoms with Crippen LogP contribution >= 0.6 is 0 Å². The third kappa shape index (κ3) is 2.75. The van der Waals surface area contributed by atoms with Crippen molar-refractivity contribution >= 4 is 11.4 Å². The molecule has 0 fully saturated rings. The van der Waals surface area contributed by atoms with E-state index < -0.39 is 0 Å². The summed E-state index contributed by atoms with van der Waals surface area (Å²) < 4.78 is 13.1. The number of nitrogen functional groups attached to an aromatic ring is 1. The van der Waals surface area contributed by atoms with Gasteiger partial charge >= 0.3 is 0 Å². The summed E-state index contributed by atoms with van der Waals surface area (Å²) in [4.78, 5) is 0.